The van der Waals surface area contributed by atoms with E-state index in [1.54, 1.807) is 12.1 Å². The van der Waals surface area contributed by atoms with E-state index < -0.39 is 0 Å². The van der Waals surface area contributed by atoms with E-state index >= 15 is 0 Å². The van der Waals surface area contributed by atoms with Crippen molar-refractivity contribution in [3.8, 4) is 5.75 Å². The van der Waals surface area contributed by atoms with Crippen LogP contribution in [0.4, 0.5) is 0 Å². The molecule has 0 saturated heterocycles. The minimum absolute atomic E-state index is 0.0216. The van der Waals surface area contributed by atoms with Crippen LogP contribution < -0.4 is 4.74 Å². The molecule has 0 N–H and O–H groups in total. The van der Waals surface area contributed by atoms with Gasteiger partial charge in [0, 0.05) is 18.4 Å². The molecule has 21 heavy (non-hydrogen) atoms. The van der Waals surface area contributed by atoms with Gasteiger partial charge in [0.1, 0.15) is 5.75 Å². The Morgan fingerprint density at radius 3 is 2.81 bits per heavy atom. The molecular formula is C17H16O3S. The van der Waals surface area contributed by atoms with Crippen molar-refractivity contribution in [1.29, 1.82) is 0 Å². The quantitative estimate of drug-likeness (QED) is 0.786. The summed E-state index contributed by atoms with van der Waals surface area (Å²) in [6.45, 7) is 0.746. The number of rotatable bonds is 5. The number of hydrogen-bond donors (Lipinski definition) is 0. The van der Waals surface area contributed by atoms with Crippen molar-refractivity contribution >= 4 is 22.9 Å². The number of thiophene rings is 1. The topological polar surface area (TPSA) is 43.4 Å². The Bertz CT molecular complexity index is 659. The standard InChI is InChI=1S/C17H16O3S/c18-14(6-7-15(19)17-4-2-10-21-17)12-5-8-16-13(11-12)3-1-9-20-16/h2,4-5,8,10-11H,1,3,6-7,9H2. The van der Waals surface area contributed by atoms with Crippen LogP contribution in [0, 0.1) is 0 Å². The number of Topliss-reactive ketones (excluding diaryl/α,β-unsaturated/α-hetero) is 2. The first-order valence-electron chi connectivity index (χ1n) is 7.09. The zero-order valence-corrected chi connectivity index (χ0v) is 12.4. The van der Waals surface area contributed by atoms with Gasteiger partial charge in [0.05, 0.1) is 11.5 Å². The first-order valence-corrected chi connectivity index (χ1v) is 7.97. The maximum atomic E-state index is 12.2. The van der Waals surface area contributed by atoms with Gasteiger partial charge in [-0.1, -0.05) is 6.07 Å². The lowest BCUT2D eigenvalue weighted by atomic mass is 9.99. The normalized spacial score (nSPS) is 13.3. The molecule has 1 aliphatic heterocycles. The number of carbonyl (C=O) groups excluding carboxylic acids is 2. The average molecular weight is 300 g/mol. The summed E-state index contributed by atoms with van der Waals surface area (Å²) in [5.74, 6) is 0.945. The van der Waals surface area contributed by atoms with Crippen molar-refractivity contribution in [3.63, 3.8) is 0 Å². The fourth-order valence-corrected chi connectivity index (χ4v) is 3.16. The average Bonchev–Trinajstić information content (AvgIpc) is 3.06. The fraction of sp³-hybridized carbons (Fsp3) is 0.294. The summed E-state index contributed by atoms with van der Waals surface area (Å²) in [5.41, 5.74) is 1.77. The Kier molecular flexibility index (Phi) is 4.15. The van der Waals surface area contributed by atoms with Crippen LogP contribution >= 0.6 is 11.3 Å². The molecule has 0 radical (unpaired) electrons. The SMILES string of the molecule is O=C(CCC(=O)c1cccs1)c1ccc2c(c1)CCCO2. The molecule has 0 spiro atoms. The summed E-state index contributed by atoms with van der Waals surface area (Å²) in [4.78, 5) is 24.9. The molecule has 2 heterocycles. The summed E-state index contributed by atoms with van der Waals surface area (Å²) < 4.78 is 5.54. The van der Waals surface area contributed by atoms with E-state index in [9.17, 15) is 9.59 Å². The smallest absolute Gasteiger partial charge is 0.173 e. The molecule has 0 saturated carbocycles. The molecular weight excluding hydrogens is 284 g/mol. The Hall–Kier alpha value is -1.94. The highest BCUT2D eigenvalue weighted by Crippen LogP contribution is 2.26. The Morgan fingerprint density at radius 1 is 1.14 bits per heavy atom. The first-order chi connectivity index (χ1) is 10.2. The van der Waals surface area contributed by atoms with E-state index in [1.807, 2.05) is 23.6 Å². The van der Waals surface area contributed by atoms with Crippen molar-refractivity contribution in [2.24, 2.45) is 0 Å². The molecule has 0 fully saturated rings. The molecule has 0 bridgehead atoms. The van der Waals surface area contributed by atoms with Crippen LogP contribution in [0.3, 0.4) is 0 Å². The number of ketones is 2. The number of carbonyl (C=O) groups is 2. The zero-order chi connectivity index (χ0) is 14.7. The molecule has 1 aliphatic rings. The molecule has 0 atom stereocenters. The Balaban J connectivity index is 1.64. The van der Waals surface area contributed by atoms with E-state index in [2.05, 4.69) is 0 Å². The predicted molar refractivity (Wildman–Crippen MR) is 82.5 cm³/mol. The van der Waals surface area contributed by atoms with Crippen LogP contribution in [0.15, 0.2) is 35.7 Å². The maximum Gasteiger partial charge on any atom is 0.173 e. The minimum Gasteiger partial charge on any atom is -0.493 e. The lowest BCUT2D eigenvalue weighted by molar-refractivity contribution is 0.0919. The van der Waals surface area contributed by atoms with E-state index in [1.165, 1.54) is 11.3 Å². The van der Waals surface area contributed by atoms with Crippen LogP contribution in [-0.4, -0.2) is 18.2 Å². The molecule has 3 rings (SSSR count). The van der Waals surface area contributed by atoms with Gasteiger partial charge in [-0.05, 0) is 48.1 Å². The predicted octanol–water partition coefficient (Wildman–Crippen LogP) is 3.92. The molecule has 1 aromatic heterocycles. The first kappa shape index (κ1) is 14.0. The second-order valence-corrected chi connectivity index (χ2v) is 6.05. The maximum absolute atomic E-state index is 12.2. The van der Waals surface area contributed by atoms with Gasteiger partial charge >= 0.3 is 0 Å². The highest BCUT2D eigenvalue weighted by molar-refractivity contribution is 7.12. The Labute approximate surface area is 127 Å². The second-order valence-electron chi connectivity index (χ2n) is 5.10. The number of benzene rings is 1. The third kappa shape index (κ3) is 3.22. The van der Waals surface area contributed by atoms with Crippen LogP contribution in [0.1, 0.15) is 44.9 Å². The van der Waals surface area contributed by atoms with E-state index in [-0.39, 0.29) is 24.4 Å². The molecule has 2 aromatic rings. The monoisotopic (exact) mass is 300 g/mol. The van der Waals surface area contributed by atoms with Crippen molar-refractivity contribution in [2.45, 2.75) is 25.7 Å². The van der Waals surface area contributed by atoms with Crippen LogP contribution in [-0.2, 0) is 6.42 Å². The minimum atomic E-state index is 0.0216. The molecule has 3 nitrogen and oxygen atoms in total. The largest absolute Gasteiger partial charge is 0.493 e. The lowest BCUT2D eigenvalue weighted by Crippen LogP contribution is -2.10. The van der Waals surface area contributed by atoms with Gasteiger partial charge in [-0.15, -0.1) is 11.3 Å². The van der Waals surface area contributed by atoms with Crippen LogP contribution in [0.25, 0.3) is 0 Å². The summed E-state index contributed by atoms with van der Waals surface area (Å²) in [6, 6.07) is 9.22. The van der Waals surface area contributed by atoms with Gasteiger partial charge in [-0.3, -0.25) is 9.59 Å². The number of ether oxygens (including phenoxy) is 1. The van der Waals surface area contributed by atoms with Gasteiger partial charge in [0.25, 0.3) is 0 Å². The third-order valence-corrected chi connectivity index (χ3v) is 4.52. The number of fused-ring (bicyclic) bond motifs is 1. The van der Waals surface area contributed by atoms with Crippen molar-refractivity contribution in [2.75, 3.05) is 6.61 Å². The molecule has 0 amide bonds. The van der Waals surface area contributed by atoms with Crippen molar-refractivity contribution in [3.05, 3.63) is 51.7 Å². The van der Waals surface area contributed by atoms with E-state index in [4.69, 9.17) is 4.74 Å². The molecule has 1 aromatic carbocycles. The molecule has 0 aliphatic carbocycles. The number of aryl methyl sites for hydroxylation is 1. The van der Waals surface area contributed by atoms with Gasteiger partial charge < -0.3 is 4.74 Å². The highest BCUT2D eigenvalue weighted by atomic mass is 32.1. The summed E-state index contributed by atoms with van der Waals surface area (Å²) in [6.07, 6.45) is 2.47. The summed E-state index contributed by atoms with van der Waals surface area (Å²) >= 11 is 1.42. The molecule has 0 unspecified atom stereocenters. The van der Waals surface area contributed by atoms with Gasteiger partial charge in [-0.2, -0.15) is 0 Å². The van der Waals surface area contributed by atoms with Crippen LogP contribution in [0.5, 0.6) is 5.75 Å². The highest BCUT2D eigenvalue weighted by Gasteiger charge is 2.15. The third-order valence-electron chi connectivity index (χ3n) is 3.61. The molecule has 4 heteroatoms. The van der Waals surface area contributed by atoms with E-state index in [0.29, 0.717) is 5.56 Å². The van der Waals surface area contributed by atoms with Crippen molar-refractivity contribution in [1.82, 2.24) is 0 Å². The van der Waals surface area contributed by atoms with Crippen molar-refractivity contribution < 1.29 is 14.3 Å². The van der Waals surface area contributed by atoms with Gasteiger partial charge in [0.2, 0.25) is 0 Å². The van der Waals surface area contributed by atoms with Gasteiger partial charge in [0.15, 0.2) is 11.6 Å². The molecule has 108 valence electrons. The zero-order valence-electron chi connectivity index (χ0n) is 11.6. The van der Waals surface area contributed by atoms with E-state index in [0.717, 1.165) is 35.6 Å². The lowest BCUT2D eigenvalue weighted by Gasteiger charge is -2.17. The number of hydrogen-bond acceptors (Lipinski definition) is 4. The fourth-order valence-electron chi connectivity index (χ4n) is 2.47. The summed E-state index contributed by atoms with van der Waals surface area (Å²) in [5, 5.41) is 1.87. The Morgan fingerprint density at radius 2 is 2.00 bits per heavy atom. The second kappa shape index (κ2) is 6.22. The summed E-state index contributed by atoms with van der Waals surface area (Å²) in [7, 11) is 0. The van der Waals surface area contributed by atoms with Crippen LogP contribution in [0.2, 0.25) is 0 Å². The van der Waals surface area contributed by atoms with Gasteiger partial charge in [-0.25, -0.2) is 0 Å².